The summed E-state index contributed by atoms with van der Waals surface area (Å²) >= 11 is -0.0651. The number of hydrogen-bond donors (Lipinski definition) is 0. The van der Waals surface area contributed by atoms with E-state index in [0.717, 1.165) is 0 Å². The third-order valence-corrected chi connectivity index (χ3v) is 5.24. The molecule has 1 rings (SSSR count). The Bertz CT molecular complexity index is 141. The van der Waals surface area contributed by atoms with E-state index in [1.165, 1.54) is 17.0 Å². The first-order chi connectivity index (χ1) is 4.43. The Morgan fingerprint density at radius 1 is 1.45 bits per heavy atom. The van der Waals surface area contributed by atoms with E-state index in [2.05, 4.69) is 25.2 Å². The molecule has 0 atom stereocenters. The Labute approximate surface area is 78.1 Å². The summed E-state index contributed by atoms with van der Waals surface area (Å²) in [5, 5.41) is 0. The van der Waals surface area contributed by atoms with E-state index in [0.29, 0.717) is 0 Å². The Balaban J connectivity index is 0. The first-order valence-corrected chi connectivity index (χ1v) is 6.49. The fourth-order valence-electron chi connectivity index (χ4n) is 0.864. The fraction of sp³-hybridized carbons (Fsp3) is 0.500. The molecule has 0 saturated carbocycles. The molecule has 3 heteroatoms. The smallest absolute Gasteiger partial charge is 1.00 e. The third kappa shape index (κ3) is 5.49. The average molecular weight is 237 g/mol. The molecule has 0 bridgehead atoms. The van der Waals surface area contributed by atoms with Gasteiger partial charge in [0.15, 0.2) is 0 Å². The summed E-state index contributed by atoms with van der Waals surface area (Å²) in [5.74, 6) is 0. The van der Waals surface area contributed by atoms with E-state index in [1.54, 1.807) is 3.28 Å². The molecule has 0 N–H and O–H groups in total. The van der Waals surface area contributed by atoms with Gasteiger partial charge in [-0.25, -0.2) is 0 Å². The van der Waals surface area contributed by atoms with Gasteiger partial charge < -0.3 is 9.41 Å². The average Bonchev–Trinajstić information content (AvgIpc) is 2.34. The van der Waals surface area contributed by atoms with Crippen LogP contribution in [0.4, 0.5) is 0 Å². The molecule has 0 radical (unpaired) electrons. The van der Waals surface area contributed by atoms with E-state index in [1.807, 2.05) is 0 Å². The maximum absolute atomic E-state index is 2.32. The molecular formula is C8H12F2Zr. The summed E-state index contributed by atoms with van der Waals surface area (Å²) in [7, 11) is 0. The SMILES string of the molecule is CC[CH2][Zr+2][C]1=CC=CC1.[F-].[F-]. The molecule has 0 aromatic rings. The molecule has 0 heterocycles. The van der Waals surface area contributed by atoms with Gasteiger partial charge >= 0.3 is 68.6 Å². The van der Waals surface area contributed by atoms with Crippen LogP contribution in [0.15, 0.2) is 21.5 Å². The third-order valence-electron chi connectivity index (χ3n) is 1.37. The van der Waals surface area contributed by atoms with E-state index >= 15 is 0 Å². The molecule has 62 valence electrons. The second kappa shape index (κ2) is 8.32. The van der Waals surface area contributed by atoms with E-state index in [4.69, 9.17) is 0 Å². The zero-order valence-electron chi connectivity index (χ0n) is 6.61. The molecule has 11 heavy (non-hydrogen) atoms. The number of rotatable bonds is 3. The fourth-order valence-corrected chi connectivity index (χ4v) is 3.44. The predicted molar refractivity (Wildman–Crippen MR) is 36.9 cm³/mol. The Morgan fingerprint density at radius 3 is 2.64 bits per heavy atom. The van der Waals surface area contributed by atoms with Crippen molar-refractivity contribution in [1.29, 1.82) is 0 Å². The largest absolute Gasteiger partial charge is 1.00 e. The van der Waals surface area contributed by atoms with Crippen LogP contribution in [0.25, 0.3) is 0 Å². The van der Waals surface area contributed by atoms with Crippen LogP contribution in [0.1, 0.15) is 19.8 Å². The minimum Gasteiger partial charge on any atom is -1.00 e. The van der Waals surface area contributed by atoms with Crippen molar-refractivity contribution < 1.29 is 32.6 Å². The van der Waals surface area contributed by atoms with Crippen LogP contribution in [0.5, 0.6) is 0 Å². The predicted octanol–water partition coefficient (Wildman–Crippen LogP) is -3.25. The molecule has 0 nitrogen and oxygen atoms in total. The minimum absolute atomic E-state index is 0. The van der Waals surface area contributed by atoms with E-state index in [-0.39, 0.29) is 32.6 Å². The standard InChI is InChI=1S/C5H5.C3H7.2FH.Zr/c1-2-4-5-3-1;1-3-2;;;/h1-3H,4H2;1,3H2,2H3;2*1H;/q;;;;+2/p-2. The first-order valence-electron chi connectivity index (χ1n) is 3.53. The van der Waals surface area contributed by atoms with Crippen molar-refractivity contribution in [1.82, 2.24) is 0 Å². The molecule has 0 aromatic heterocycles. The second-order valence-electron chi connectivity index (χ2n) is 2.25. The van der Waals surface area contributed by atoms with Gasteiger partial charge in [0.1, 0.15) is 0 Å². The van der Waals surface area contributed by atoms with Gasteiger partial charge in [0.25, 0.3) is 0 Å². The molecule has 0 aromatic carbocycles. The zero-order valence-corrected chi connectivity index (χ0v) is 9.07. The van der Waals surface area contributed by atoms with Crippen molar-refractivity contribution in [2.24, 2.45) is 0 Å². The molecule has 1 aliphatic carbocycles. The van der Waals surface area contributed by atoms with Gasteiger partial charge in [0.2, 0.25) is 0 Å². The molecule has 1 aliphatic rings. The van der Waals surface area contributed by atoms with Crippen LogP contribution >= 0.6 is 0 Å². The van der Waals surface area contributed by atoms with Crippen LogP contribution in [-0.4, -0.2) is 0 Å². The maximum atomic E-state index is 2.32. The van der Waals surface area contributed by atoms with Gasteiger partial charge in [-0.05, 0) is 0 Å². The van der Waals surface area contributed by atoms with Crippen molar-refractivity contribution in [3.05, 3.63) is 21.5 Å². The number of halogens is 2. The van der Waals surface area contributed by atoms with Crippen molar-refractivity contribution in [2.45, 2.75) is 23.9 Å². The van der Waals surface area contributed by atoms with Crippen molar-refractivity contribution >= 4 is 0 Å². The van der Waals surface area contributed by atoms with Crippen molar-refractivity contribution in [3.8, 4) is 0 Å². The van der Waals surface area contributed by atoms with Gasteiger partial charge in [0.05, 0.1) is 0 Å². The first kappa shape index (κ1) is 13.8. The molecule has 0 saturated heterocycles. The van der Waals surface area contributed by atoms with Crippen LogP contribution in [0.3, 0.4) is 0 Å². The van der Waals surface area contributed by atoms with Gasteiger partial charge in [-0.1, -0.05) is 0 Å². The number of allylic oxidation sites excluding steroid dienone is 4. The summed E-state index contributed by atoms with van der Waals surface area (Å²) in [6.07, 6.45) is 9.47. The van der Waals surface area contributed by atoms with Gasteiger partial charge in [-0.2, -0.15) is 0 Å². The Hall–Kier alpha value is 0.223. The summed E-state index contributed by atoms with van der Waals surface area (Å²) < 4.78 is 3.30. The number of hydrogen-bond acceptors (Lipinski definition) is 0. The topological polar surface area (TPSA) is 0 Å². The molecule has 0 aliphatic heterocycles. The molecule has 0 amide bonds. The van der Waals surface area contributed by atoms with Crippen molar-refractivity contribution in [2.75, 3.05) is 0 Å². The van der Waals surface area contributed by atoms with Crippen molar-refractivity contribution in [3.63, 3.8) is 0 Å². The van der Waals surface area contributed by atoms with Crippen LogP contribution in [0, 0.1) is 0 Å². The molecular weight excluding hydrogens is 225 g/mol. The van der Waals surface area contributed by atoms with Crippen LogP contribution < -0.4 is 9.41 Å². The zero-order chi connectivity index (χ0) is 6.53. The van der Waals surface area contributed by atoms with Crippen LogP contribution in [-0.2, 0) is 23.2 Å². The summed E-state index contributed by atoms with van der Waals surface area (Å²) in [6.45, 7) is 2.28. The quantitative estimate of drug-likeness (QED) is 0.484. The van der Waals surface area contributed by atoms with E-state index < -0.39 is 0 Å². The monoisotopic (exact) mass is 236 g/mol. The molecule has 0 spiro atoms. The second-order valence-corrected chi connectivity index (χ2v) is 5.93. The Morgan fingerprint density at radius 2 is 2.18 bits per heavy atom. The van der Waals surface area contributed by atoms with E-state index in [9.17, 15) is 0 Å². The maximum Gasteiger partial charge on any atom is -1.00 e. The van der Waals surface area contributed by atoms with Crippen LogP contribution in [0.2, 0.25) is 4.13 Å². The molecule has 0 unspecified atom stereocenters. The van der Waals surface area contributed by atoms with Gasteiger partial charge in [0, 0.05) is 0 Å². The summed E-state index contributed by atoms with van der Waals surface area (Å²) in [4.78, 5) is 0. The Kier molecular flexibility index (Phi) is 10.4. The summed E-state index contributed by atoms with van der Waals surface area (Å²) in [5.41, 5.74) is 0. The summed E-state index contributed by atoms with van der Waals surface area (Å²) in [6, 6.07) is 0. The molecule has 0 fully saturated rings. The van der Waals surface area contributed by atoms with Gasteiger partial charge in [-0.3, -0.25) is 0 Å². The normalized spacial score (nSPS) is 12.6. The van der Waals surface area contributed by atoms with Gasteiger partial charge in [-0.15, -0.1) is 0 Å². The minimum atomic E-state index is -0.0651.